The first-order valence-corrected chi connectivity index (χ1v) is 8.97. The number of ether oxygens (including phenoxy) is 2. The van der Waals surface area contributed by atoms with Gasteiger partial charge in [0.25, 0.3) is 0 Å². The smallest absolute Gasteiger partial charge is 0.414 e. The van der Waals surface area contributed by atoms with Crippen molar-refractivity contribution in [2.75, 3.05) is 20.3 Å². The highest BCUT2D eigenvalue weighted by Gasteiger charge is 2.10. The van der Waals surface area contributed by atoms with Crippen molar-refractivity contribution < 1.29 is 34.4 Å². The summed E-state index contributed by atoms with van der Waals surface area (Å²) >= 11 is 0. The second-order valence-corrected chi connectivity index (χ2v) is 6.66. The van der Waals surface area contributed by atoms with Gasteiger partial charge >= 0.3 is 11.9 Å². The molecule has 0 aliphatic rings. The normalized spacial score (nSPS) is 11.6. The third kappa shape index (κ3) is 12.1. The van der Waals surface area contributed by atoms with Crippen LogP contribution in [-0.4, -0.2) is 65.7 Å². The Kier molecular flexibility index (Phi) is 12.6. The number of aliphatic hydroxyl groups excluding tert-OH is 1. The Morgan fingerprint density at radius 3 is 2.04 bits per heavy atom. The average Bonchev–Trinajstić information content (AvgIpc) is 2.63. The summed E-state index contributed by atoms with van der Waals surface area (Å²) in [4.78, 5) is 18.2. The van der Waals surface area contributed by atoms with E-state index in [0.29, 0.717) is 30.1 Å². The van der Waals surface area contributed by atoms with Crippen molar-refractivity contribution in [1.82, 2.24) is 10.6 Å². The van der Waals surface area contributed by atoms with Gasteiger partial charge in [-0.05, 0) is 17.7 Å². The van der Waals surface area contributed by atoms with E-state index in [-0.39, 0.29) is 6.61 Å². The predicted octanol–water partition coefficient (Wildman–Crippen LogP) is 1.09. The lowest BCUT2D eigenvalue weighted by molar-refractivity contribution is -0.159. The van der Waals surface area contributed by atoms with E-state index < -0.39 is 18.0 Å². The molecule has 0 bridgehead atoms. The molecule has 0 saturated heterocycles. The van der Waals surface area contributed by atoms with Crippen molar-refractivity contribution in [3.8, 4) is 11.5 Å². The van der Waals surface area contributed by atoms with E-state index in [9.17, 15) is 5.11 Å². The summed E-state index contributed by atoms with van der Waals surface area (Å²) in [7, 11) is 1.62. The molecule has 0 fully saturated rings. The quantitative estimate of drug-likeness (QED) is 0.365. The van der Waals surface area contributed by atoms with Gasteiger partial charge in [-0.1, -0.05) is 33.8 Å². The van der Waals surface area contributed by atoms with E-state index >= 15 is 0 Å². The maximum atomic E-state index is 9.88. The number of carbonyl (C=O) groups is 2. The van der Waals surface area contributed by atoms with Crippen LogP contribution in [0.3, 0.4) is 0 Å². The number of carboxylic acids is 2. The molecule has 9 nitrogen and oxygen atoms in total. The minimum atomic E-state index is -1.82. The first-order valence-electron chi connectivity index (χ1n) is 8.97. The lowest BCUT2D eigenvalue weighted by Gasteiger charge is -2.17. The van der Waals surface area contributed by atoms with Crippen molar-refractivity contribution >= 4 is 11.9 Å². The molecule has 1 unspecified atom stereocenters. The summed E-state index contributed by atoms with van der Waals surface area (Å²) in [6.07, 6.45) is -0.547. The van der Waals surface area contributed by atoms with E-state index in [1.807, 2.05) is 32.0 Å². The molecule has 0 heterocycles. The molecule has 0 aliphatic heterocycles. The first kappa shape index (κ1) is 25.6. The topological polar surface area (TPSA) is 137 Å². The number of methoxy groups -OCH3 is 1. The van der Waals surface area contributed by atoms with Gasteiger partial charge in [0.05, 0.1) is 7.11 Å². The van der Waals surface area contributed by atoms with Gasteiger partial charge in [-0.15, -0.1) is 0 Å². The molecule has 1 aromatic rings. The van der Waals surface area contributed by atoms with Crippen molar-refractivity contribution in [2.45, 2.75) is 52.4 Å². The maximum Gasteiger partial charge on any atom is 0.414 e. The van der Waals surface area contributed by atoms with Crippen molar-refractivity contribution in [3.63, 3.8) is 0 Å². The Morgan fingerprint density at radius 1 is 1.00 bits per heavy atom. The van der Waals surface area contributed by atoms with Crippen LogP contribution in [0.4, 0.5) is 0 Å². The fourth-order valence-corrected chi connectivity index (χ4v) is 1.88. The maximum absolute atomic E-state index is 9.88. The zero-order chi connectivity index (χ0) is 21.7. The average molecular weight is 400 g/mol. The summed E-state index contributed by atoms with van der Waals surface area (Å²) in [5, 5.41) is 31.2. The number of aliphatic carboxylic acids is 2. The van der Waals surface area contributed by atoms with Crippen LogP contribution in [-0.2, 0) is 16.1 Å². The molecule has 0 radical (unpaired) electrons. The van der Waals surface area contributed by atoms with Crippen LogP contribution in [0.2, 0.25) is 0 Å². The third-order valence-electron chi connectivity index (χ3n) is 3.32. The third-order valence-corrected chi connectivity index (χ3v) is 3.32. The number of rotatable bonds is 10. The van der Waals surface area contributed by atoms with Crippen molar-refractivity contribution in [2.24, 2.45) is 0 Å². The first-order chi connectivity index (χ1) is 13.1. The number of benzene rings is 1. The van der Waals surface area contributed by atoms with E-state index in [0.717, 1.165) is 12.1 Å². The zero-order valence-electron chi connectivity index (χ0n) is 17.1. The molecular formula is C19H32N2O7. The lowest BCUT2D eigenvalue weighted by atomic mass is 10.2. The van der Waals surface area contributed by atoms with E-state index in [1.54, 1.807) is 7.11 Å². The molecule has 5 N–H and O–H groups in total. The largest absolute Gasteiger partial charge is 0.493 e. The van der Waals surface area contributed by atoms with Gasteiger partial charge in [0.15, 0.2) is 11.5 Å². The van der Waals surface area contributed by atoms with Gasteiger partial charge in [-0.3, -0.25) is 0 Å². The molecule has 160 valence electrons. The van der Waals surface area contributed by atoms with Crippen LogP contribution < -0.4 is 20.1 Å². The predicted molar refractivity (Wildman–Crippen MR) is 105 cm³/mol. The number of nitrogens with one attached hydrogen (secondary N) is 2. The summed E-state index contributed by atoms with van der Waals surface area (Å²) in [6, 6.07) is 6.64. The number of carboxylic acid groups (broad SMARTS) is 2. The Morgan fingerprint density at radius 2 is 1.57 bits per heavy atom. The Labute approximate surface area is 165 Å². The minimum Gasteiger partial charge on any atom is -0.493 e. The molecule has 1 rings (SSSR count). The molecular weight excluding hydrogens is 368 g/mol. The molecule has 0 aliphatic carbocycles. The van der Waals surface area contributed by atoms with Crippen LogP contribution in [0.25, 0.3) is 0 Å². The van der Waals surface area contributed by atoms with Crippen LogP contribution in [0.15, 0.2) is 18.2 Å². The summed E-state index contributed by atoms with van der Waals surface area (Å²) in [6.45, 7) is 9.84. The van der Waals surface area contributed by atoms with Crippen LogP contribution >= 0.6 is 0 Å². The zero-order valence-corrected chi connectivity index (χ0v) is 17.1. The van der Waals surface area contributed by atoms with E-state index in [4.69, 9.17) is 29.3 Å². The van der Waals surface area contributed by atoms with E-state index in [1.165, 1.54) is 0 Å². The van der Waals surface area contributed by atoms with Crippen molar-refractivity contribution in [3.05, 3.63) is 23.8 Å². The molecule has 1 aromatic carbocycles. The molecule has 0 saturated carbocycles. The van der Waals surface area contributed by atoms with Crippen LogP contribution in [0, 0.1) is 0 Å². The van der Waals surface area contributed by atoms with Crippen molar-refractivity contribution in [1.29, 1.82) is 0 Å². The number of hydrogen-bond donors (Lipinski definition) is 5. The van der Waals surface area contributed by atoms with Gasteiger partial charge in [-0.25, -0.2) is 9.59 Å². The molecule has 0 spiro atoms. The van der Waals surface area contributed by atoms with Crippen LogP contribution in [0.1, 0.15) is 33.3 Å². The Bertz CT molecular complexity index is 594. The van der Waals surface area contributed by atoms with Gasteiger partial charge in [0.2, 0.25) is 0 Å². The Hall–Kier alpha value is -2.36. The Balaban J connectivity index is 0.00000105. The van der Waals surface area contributed by atoms with Gasteiger partial charge in [-0.2, -0.15) is 0 Å². The minimum absolute atomic E-state index is 0.236. The SMILES string of the molecule is COc1cc(CNC(C)C)ccc1OCC(O)CNC(C)C.O=C(O)C(=O)O. The molecule has 0 amide bonds. The molecule has 9 heteroatoms. The highest BCUT2D eigenvalue weighted by atomic mass is 16.5. The lowest BCUT2D eigenvalue weighted by Crippen LogP contribution is -2.35. The molecule has 28 heavy (non-hydrogen) atoms. The number of hydrogen-bond acceptors (Lipinski definition) is 7. The molecule has 1 atom stereocenters. The fourth-order valence-electron chi connectivity index (χ4n) is 1.88. The second kappa shape index (κ2) is 13.8. The van der Waals surface area contributed by atoms with Gasteiger partial charge in [0.1, 0.15) is 12.7 Å². The second-order valence-electron chi connectivity index (χ2n) is 6.66. The van der Waals surface area contributed by atoms with Gasteiger partial charge < -0.3 is 35.4 Å². The summed E-state index contributed by atoms with van der Waals surface area (Å²) in [5.74, 6) is -2.31. The monoisotopic (exact) mass is 400 g/mol. The molecule has 0 aromatic heterocycles. The standard InChI is InChI=1S/C17H30N2O3.C2H2O4/c1-12(2)18-9-14-6-7-16(17(8-14)21-5)22-11-15(20)10-19-13(3)4;3-1(4)2(5)6/h6-8,12-13,15,18-20H,9-11H2,1-5H3;(H,3,4)(H,5,6). The summed E-state index contributed by atoms with van der Waals surface area (Å²) < 4.78 is 11.0. The van der Waals surface area contributed by atoms with Gasteiger partial charge in [0, 0.05) is 25.2 Å². The highest BCUT2D eigenvalue weighted by Crippen LogP contribution is 2.28. The fraction of sp³-hybridized carbons (Fsp3) is 0.579. The van der Waals surface area contributed by atoms with Crippen LogP contribution in [0.5, 0.6) is 11.5 Å². The highest BCUT2D eigenvalue weighted by molar-refractivity contribution is 6.27. The number of aliphatic hydroxyl groups is 1. The summed E-state index contributed by atoms with van der Waals surface area (Å²) in [5.41, 5.74) is 1.14. The van der Waals surface area contributed by atoms with E-state index in [2.05, 4.69) is 24.5 Å².